The van der Waals surface area contributed by atoms with Crippen molar-refractivity contribution in [3.8, 4) is 0 Å². The Bertz CT molecular complexity index is 886. The topological polar surface area (TPSA) is 89.8 Å². The number of carbonyl (C=O) groups excluding carboxylic acids is 2. The average molecular weight is 410 g/mol. The van der Waals surface area contributed by atoms with Crippen LogP contribution in [0, 0.1) is 22.0 Å². The summed E-state index contributed by atoms with van der Waals surface area (Å²) < 4.78 is 5.09. The van der Waals surface area contributed by atoms with Crippen LogP contribution in [0.1, 0.15) is 36.9 Å². The first-order valence-corrected chi connectivity index (χ1v) is 10.2. The third-order valence-corrected chi connectivity index (χ3v) is 5.66. The van der Waals surface area contributed by atoms with Crippen LogP contribution in [0.4, 0.5) is 5.69 Å². The summed E-state index contributed by atoms with van der Waals surface area (Å²) in [4.78, 5) is 37.7. The van der Waals surface area contributed by atoms with Gasteiger partial charge in [-0.2, -0.15) is 0 Å². The fraction of sp³-hybridized carbons (Fsp3) is 0.391. The highest BCUT2D eigenvalue weighted by molar-refractivity contribution is 5.71. The lowest BCUT2D eigenvalue weighted by Crippen LogP contribution is -2.44. The van der Waals surface area contributed by atoms with Crippen LogP contribution in [0.5, 0.6) is 0 Å². The van der Waals surface area contributed by atoms with Gasteiger partial charge in [0, 0.05) is 30.5 Å². The van der Waals surface area contributed by atoms with Gasteiger partial charge in [-0.05, 0) is 31.4 Å². The number of nitrogens with zero attached hydrogens (tertiary/aromatic N) is 2. The molecule has 1 aliphatic heterocycles. The quantitative estimate of drug-likeness (QED) is 0.284. The van der Waals surface area contributed by atoms with Gasteiger partial charge < -0.3 is 9.53 Å². The minimum atomic E-state index is -0.548. The Kier molecular flexibility index (Phi) is 7.30. The van der Waals surface area contributed by atoms with E-state index in [0.29, 0.717) is 25.1 Å². The number of likely N-dealkylation sites (tertiary alicyclic amines) is 1. The van der Waals surface area contributed by atoms with E-state index in [1.165, 1.54) is 6.07 Å². The SMILES string of the molecule is CCOC(=O)C[C@@H]1CCN(Cc2ccccc2)[C@H](c2ccccc2[N+](=O)[O-])[C@H]1C=O. The van der Waals surface area contributed by atoms with Crippen molar-refractivity contribution in [3.05, 3.63) is 75.8 Å². The van der Waals surface area contributed by atoms with Crippen molar-refractivity contribution in [2.45, 2.75) is 32.4 Å². The van der Waals surface area contributed by atoms with Crippen molar-refractivity contribution in [1.29, 1.82) is 0 Å². The number of nitro benzene ring substituents is 1. The minimum absolute atomic E-state index is 0.0100. The maximum Gasteiger partial charge on any atom is 0.306 e. The lowest BCUT2D eigenvalue weighted by atomic mass is 9.75. The molecule has 0 N–H and O–H groups in total. The molecule has 7 heteroatoms. The Hall–Kier alpha value is -3.06. The summed E-state index contributed by atoms with van der Waals surface area (Å²) in [5.74, 6) is -1.11. The fourth-order valence-corrected chi connectivity index (χ4v) is 4.33. The number of nitro groups is 1. The Morgan fingerprint density at radius 1 is 1.20 bits per heavy atom. The van der Waals surface area contributed by atoms with Gasteiger partial charge in [0.25, 0.3) is 5.69 Å². The Morgan fingerprint density at radius 2 is 1.90 bits per heavy atom. The number of para-hydroxylation sites is 1. The molecule has 7 nitrogen and oxygen atoms in total. The second-order valence-electron chi connectivity index (χ2n) is 7.49. The predicted octanol–water partition coefficient (Wildman–Crippen LogP) is 3.93. The number of hydrogen-bond donors (Lipinski definition) is 0. The summed E-state index contributed by atoms with van der Waals surface area (Å²) in [6.07, 6.45) is 1.63. The summed E-state index contributed by atoms with van der Waals surface area (Å²) in [5.41, 5.74) is 1.56. The molecule has 3 rings (SSSR count). The highest BCUT2D eigenvalue weighted by atomic mass is 16.6. The predicted molar refractivity (Wildman–Crippen MR) is 112 cm³/mol. The molecule has 0 amide bonds. The molecule has 0 bridgehead atoms. The molecule has 1 fully saturated rings. The molecule has 3 atom stereocenters. The number of esters is 1. The first kappa shape index (κ1) is 21.6. The largest absolute Gasteiger partial charge is 0.466 e. The van der Waals surface area contributed by atoms with Gasteiger partial charge in [-0.1, -0.05) is 48.5 Å². The molecule has 0 spiro atoms. The molecule has 2 aromatic rings. The first-order chi connectivity index (χ1) is 14.5. The number of benzene rings is 2. The Labute approximate surface area is 175 Å². The maximum atomic E-state index is 12.2. The van der Waals surface area contributed by atoms with Gasteiger partial charge in [-0.25, -0.2) is 0 Å². The summed E-state index contributed by atoms with van der Waals surface area (Å²) >= 11 is 0. The van der Waals surface area contributed by atoms with Crippen LogP contribution in [-0.2, 0) is 20.9 Å². The summed E-state index contributed by atoms with van der Waals surface area (Å²) in [6, 6.07) is 15.9. The van der Waals surface area contributed by atoms with Crippen LogP contribution in [0.2, 0.25) is 0 Å². The van der Waals surface area contributed by atoms with Crippen molar-refractivity contribution in [3.63, 3.8) is 0 Å². The van der Waals surface area contributed by atoms with Crippen LogP contribution in [-0.4, -0.2) is 35.2 Å². The maximum absolute atomic E-state index is 12.2. The molecule has 1 heterocycles. The number of carbonyl (C=O) groups is 2. The number of ether oxygens (including phenoxy) is 1. The monoisotopic (exact) mass is 410 g/mol. The highest BCUT2D eigenvalue weighted by Gasteiger charge is 2.42. The lowest BCUT2D eigenvalue weighted by molar-refractivity contribution is -0.386. The van der Waals surface area contributed by atoms with Gasteiger partial charge in [0.2, 0.25) is 0 Å². The second kappa shape index (κ2) is 10.1. The smallest absolute Gasteiger partial charge is 0.306 e. The van der Waals surface area contributed by atoms with Gasteiger partial charge in [-0.15, -0.1) is 0 Å². The van der Waals surface area contributed by atoms with Crippen LogP contribution in [0.25, 0.3) is 0 Å². The zero-order chi connectivity index (χ0) is 21.5. The Balaban J connectivity index is 1.99. The summed E-state index contributed by atoms with van der Waals surface area (Å²) in [7, 11) is 0. The van der Waals surface area contributed by atoms with E-state index in [9.17, 15) is 19.7 Å². The van der Waals surface area contributed by atoms with Gasteiger partial charge in [0.1, 0.15) is 6.29 Å². The Morgan fingerprint density at radius 3 is 2.57 bits per heavy atom. The minimum Gasteiger partial charge on any atom is -0.466 e. The van der Waals surface area contributed by atoms with E-state index >= 15 is 0 Å². The molecule has 2 aromatic carbocycles. The highest BCUT2D eigenvalue weighted by Crippen LogP contribution is 2.43. The standard InChI is InChI=1S/C23H26N2O5/c1-2-30-22(27)14-18-12-13-24(15-17-8-4-3-5-9-17)23(20(18)16-26)19-10-6-7-11-21(19)25(28)29/h3-11,16,18,20,23H,2,12-15H2,1H3/t18-,20-,23+/m0/s1. The van der Waals surface area contributed by atoms with Gasteiger partial charge in [-0.3, -0.25) is 19.8 Å². The first-order valence-electron chi connectivity index (χ1n) is 10.2. The third-order valence-electron chi connectivity index (χ3n) is 5.66. The van der Waals surface area contributed by atoms with Crippen molar-refractivity contribution in [1.82, 2.24) is 4.90 Å². The zero-order valence-corrected chi connectivity index (χ0v) is 17.0. The average Bonchev–Trinajstić information content (AvgIpc) is 2.75. The summed E-state index contributed by atoms with van der Waals surface area (Å²) in [5, 5.41) is 11.7. The van der Waals surface area contributed by atoms with E-state index in [1.54, 1.807) is 25.1 Å². The molecule has 0 unspecified atom stereocenters. The third kappa shape index (κ3) is 4.91. The molecule has 30 heavy (non-hydrogen) atoms. The number of piperidine rings is 1. The van der Waals surface area contributed by atoms with E-state index in [-0.39, 0.29) is 30.6 Å². The van der Waals surface area contributed by atoms with E-state index < -0.39 is 16.9 Å². The van der Waals surface area contributed by atoms with Crippen LogP contribution in [0.15, 0.2) is 54.6 Å². The van der Waals surface area contributed by atoms with Crippen LogP contribution in [0.3, 0.4) is 0 Å². The van der Waals surface area contributed by atoms with Gasteiger partial charge in [0.15, 0.2) is 0 Å². The number of aldehydes is 1. The molecule has 158 valence electrons. The van der Waals surface area contributed by atoms with Gasteiger partial charge >= 0.3 is 5.97 Å². The molecule has 0 radical (unpaired) electrons. The lowest BCUT2D eigenvalue weighted by Gasteiger charge is -2.43. The van der Waals surface area contributed by atoms with E-state index in [1.807, 2.05) is 30.3 Å². The zero-order valence-electron chi connectivity index (χ0n) is 17.0. The van der Waals surface area contributed by atoms with E-state index in [2.05, 4.69) is 4.90 Å². The molecule has 1 aliphatic rings. The van der Waals surface area contributed by atoms with E-state index in [4.69, 9.17) is 4.74 Å². The second-order valence-corrected chi connectivity index (χ2v) is 7.49. The van der Waals surface area contributed by atoms with Crippen molar-refractivity contribution >= 4 is 17.9 Å². The van der Waals surface area contributed by atoms with Gasteiger partial charge in [0.05, 0.1) is 17.6 Å². The molecular weight excluding hydrogens is 384 g/mol. The molecule has 0 aliphatic carbocycles. The van der Waals surface area contributed by atoms with E-state index in [0.717, 1.165) is 11.8 Å². The molecule has 1 saturated heterocycles. The fourth-order valence-electron chi connectivity index (χ4n) is 4.33. The number of hydrogen-bond acceptors (Lipinski definition) is 6. The molecule has 0 aromatic heterocycles. The van der Waals surface area contributed by atoms with Crippen molar-refractivity contribution in [2.24, 2.45) is 11.8 Å². The van der Waals surface area contributed by atoms with Crippen LogP contribution < -0.4 is 0 Å². The van der Waals surface area contributed by atoms with Crippen molar-refractivity contribution < 1.29 is 19.2 Å². The number of rotatable bonds is 8. The van der Waals surface area contributed by atoms with Crippen molar-refractivity contribution in [2.75, 3.05) is 13.2 Å². The van der Waals surface area contributed by atoms with Crippen LogP contribution >= 0.6 is 0 Å². The molecule has 0 saturated carbocycles. The molecular formula is C23H26N2O5. The summed E-state index contributed by atoms with van der Waals surface area (Å²) in [6.45, 7) is 3.22. The normalized spacial score (nSPS) is 21.7.